The molecule has 1 aromatic carbocycles. The number of hydrogen-bond acceptors (Lipinski definition) is 3. The topological polar surface area (TPSA) is 66.0 Å². The van der Waals surface area contributed by atoms with E-state index in [1.54, 1.807) is 0 Å². The van der Waals surface area contributed by atoms with Crippen molar-refractivity contribution in [3.05, 3.63) is 35.4 Å². The zero-order valence-corrected chi connectivity index (χ0v) is 17.9. The monoisotopic (exact) mass is 388 g/mol. The van der Waals surface area contributed by atoms with Gasteiger partial charge in [-0.3, -0.25) is 4.79 Å². The van der Waals surface area contributed by atoms with Crippen LogP contribution < -0.4 is 10.6 Å². The number of benzene rings is 1. The van der Waals surface area contributed by atoms with E-state index in [0.717, 1.165) is 56.1 Å². The Hall–Kier alpha value is -2.08. The van der Waals surface area contributed by atoms with Gasteiger partial charge in [-0.15, -0.1) is 0 Å². The largest absolute Gasteiger partial charge is 0.371 e. The summed E-state index contributed by atoms with van der Waals surface area (Å²) in [5, 5.41) is 6.65. The van der Waals surface area contributed by atoms with E-state index in [1.165, 1.54) is 0 Å². The van der Waals surface area contributed by atoms with Crippen molar-refractivity contribution in [3.63, 3.8) is 0 Å². The Balaban J connectivity index is 1.81. The van der Waals surface area contributed by atoms with Crippen LogP contribution >= 0.6 is 0 Å². The van der Waals surface area contributed by atoms with E-state index in [-0.39, 0.29) is 11.5 Å². The zero-order valence-electron chi connectivity index (χ0n) is 17.9. The molecule has 28 heavy (non-hydrogen) atoms. The highest BCUT2D eigenvalue weighted by Gasteiger charge is 2.18. The van der Waals surface area contributed by atoms with Crippen molar-refractivity contribution >= 4 is 11.9 Å². The smallest absolute Gasteiger partial charge is 0.222 e. The summed E-state index contributed by atoms with van der Waals surface area (Å²) < 4.78 is 5.86. The summed E-state index contributed by atoms with van der Waals surface area (Å²) in [6, 6.07) is 8.38. The van der Waals surface area contributed by atoms with Gasteiger partial charge >= 0.3 is 0 Å². The molecule has 0 radical (unpaired) electrons. The van der Waals surface area contributed by atoms with Gasteiger partial charge in [0.15, 0.2) is 5.96 Å². The third-order valence-corrected chi connectivity index (χ3v) is 4.50. The molecular weight excluding hydrogens is 352 g/mol. The van der Waals surface area contributed by atoms with Crippen LogP contribution in [0, 0.1) is 0 Å². The Morgan fingerprint density at radius 1 is 1.25 bits per heavy atom. The van der Waals surface area contributed by atoms with E-state index >= 15 is 0 Å². The normalized spacial score (nSPS) is 15.2. The third-order valence-electron chi connectivity index (χ3n) is 4.50. The molecule has 0 bridgehead atoms. The maximum atomic E-state index is 11.7. The average Bonchev–Trinajstić information content (AvgIpc) is 3.06. The molecule has 1 aliphatic heterocycles. The summed E-state index contributed by atoms with van der Waals surface area (Å²) in [7, 11) is 0. The molecule has 1 fully saturated rings. The molecule has 1 aliphatic rings. The summed E-state index contributed by atoms with van der Waals surface area (Å²) in [6.45, 7) is 12.8. The standard InChI is InChI=1S/C22H36N4O2/c1-5-23-21(24-12-8-14-26-13-7-11-20(26)27)25-16-18-9-6-10-19(15-18)17-28-22(2,3)4/h6,9-10,15H,5,7-8,11-14,16-17H2,1-4H3,(H2,23,24,25). The SMILES string of the molecule is CCNC(=NCc1cccc(COC(C)(C)C)c1)NCCCN1CCCC1=O. The molecule has 0 aromatic heterocycles. The first kappa shape index (κ1) is 22.2. The van der Waals surface area contributed by atoms with E-state index in [0.29, 0.717) is 19.6 Å². The minimum atomic E-state index is -0.143. The minimum Gasteiger partial charge on any atom is -0.371 e. The Kier molecular flexibility index (Phi) is 8.77. The van der Waals surface area contributed by atoms with Crippen molar-refractivity contribution in [2.75, 3.05) is 26.2 Å². The molecule has 1 aromatic rings. The van der Waals surface area contributed by atoms with Crippen molar-refractivity contribution in [2.45, 2.75) is 65.7 Å². The van der Waals surface area contributed by atoms with Crippen molar-refractivity contribution in [1.29, 1.82) is 0 Å². The molecule has 0 spiro atoms. The number of nitrogens with zero attached hydrogens (tertiary/aromatic N) is 2. The molecule has 0 unspecified atom stereocenters. The quantitative estimate of drug-likeness (QED) is 0.388. The van der Waals surface area contributed by atoms with Crippen molar-refractivity contribution in [1.82, 2.24) is 15.5 Å². The molecule has 6 nitrogen and oxygen atoms in total. The number of guanidine groups is 1. The number of carbonyl (C=O) groups excluding carboxylic acids is 1. The molecule has 6 heteroatoms. The first-order valence-corrected chi connectivity index (χ1v) is 10.4. The fourth-order valence-electron chi connectivity index (χ4n) is 3.05. The Bertz CT molecular complexity index is 652. The van der Waals surface area contributed by atoms with Gasteiger partial charge in [-0.1, -0.05) is 24.3 Å². The first-order valence-electron chi connectivity index (χ1n) is 10.4. The molecule has 0 atom stereocenters. The molecule has 0 saturated carbocycles. The lowest BCUT2D eigenvalue weighted by atomic mass is 10.1. The number of hydrogen-bond donors (Lipinski definition) is 2. The van der Waals surface area contributed by atoms with Gasteiger partial charge in [-0.05, 0) is 51.7 Å². The van der Waals surface area contributed by atoms with Crippen LogP contribution in [-0.2, 0) is 22.7 Å². The van der Waals surface area contributed by atoms with Crippen LogP contribution in [0.25, 0.3) is 0 Å². The number of ether oxygens (including phenoxy) is 1. The molecular formula is C22H36N4O2. The van der Waals surface area contributed by atoms with Gasteiger partial charge in [-0.25, -0.2) is 4.99 Å². The molecule has 0 aliphatic carbocycles. The Morgan fingerprint density at radius 2 is 2.04 bits per heavy atom. The van der Waals surface area contributed by atoms with Crippen molar-refractivity contribution in [2.24, 2.45) is 4.99 Å². The van der Waals surface area contributed by atoms with Gasteiger partial charge in [0, 0.05) is 32.6 Å². The van der Waals surface area contributed by atoms with Crippen LogP contribution in [0.1, 0.15) is 58.1 Å². The van der Waals surface area contributed by atoms with Crippen LogP contribution in [0.2, 0.25) is 0 Å². The van der Waals surface area contributed by atoms with E-state index in [2.05, 4.69) is 62.6 Å². The molecule has 2 N–H and O–H groups in total. The minimum absolute atomic E-state index is 0.143. The maximum absolute atomic E-state index is 11.7. The van der Waals surface area contributed by atoms with Crippen molar-refractivity contribution < 1.29 is 9.53 Å². The second-order valence-corrected chi connectivity index (χ2v) is 8.18. The maximum Gasteiger partial charge on any atom is 0.222 e. The van der Waals surface area contributed by atoms with E-state index in [4.69, 9.17) is 9.73 Å². The summed E-state index contributed by atoms with van der Waals surface area (Å²) >= 11 is 0. The highest BCUT2D eigenvalue weighted by Crippen LogP contribution is 2.13. The predicted molar refractivity (Wildman–Crippen MR) is 114 cm³/mol. The molecule has 1 saturated heterocycles. The van der Waals surface area contributed by atoms with Crippen LogP contribution in [0.15, 0.2) is 29.3 Å². The number of likely N-dealkylation sites (tertiary alicyclic amines) is 1. The second kappa shape index (κ2) is 11.1. The molecule has 156 valence electrons. The fourth-order valence-corrected chi connectivity index (χ4v) is 3.05. The van der Waals surface area contributed by atoms with Gasteiger partial charge in [0.25, 0.3) is 0 Å². The van der Waals surface area contributed by atoms with Crippen molar-refractivity contribution in [3.8, 4) is 0 Å². The van der Waals surface area contributed by atoms with Gasteiger partial charge in [0.1, 0.15) is 0 Å². The molecule has 1 amide bonds. The Morgan fingerprint density at radius 3 is 2.71 bits per heavy atom. The lowest BCUT2D eigenvalue weighted by Gasteiger charge is -2.19. The fraction of sp³-hybridized carbons (Fsp3) is 0.636. The number of aliphatic imine (C=N–C) groups is 1. The van der Waals surface area contributed by atoms with Gasteiger partial charge in [-0.2, -0.15) is 0 Å². The highest BCUT2D eigenvalue weighted by atomic mass is 16.5. The number of rotatable bonds is 9. The predicted octanol–water partition coefficient (Wildman–Crippen LogP) is 3.07. The number of carbonyl (C=O) groups is 1. The third kappa shape index (κ3) is 8.30. The van der Waals surface area contributed by atoms with Crippen LogP contribution in [0.5, 0.6) is 0 Å². The van der Waals surface area contributed by atoms with Gasteiger partial charge in [0.2, 0.25) is 5.91 Å². The summed E-state index contributed by atoms with van der Waals surface area (Å²) in [4.78, 5) is 18.3. The molecule has 2 rings (SSSR count). The van der Waals surface area contributed by atoms with Gasteiger partial charge in [0.05, 0.1) is 18.8 Å². The van der Waals surface area contributed by atoms with Crippen LogP contribution in [0.3, 0.4) is 0 Å². The summed E-state index contributed by atoms with van der Waals surface area (Å²) in [5.41, 5.74) is 2.18. The highest BCUT2D eigenvalue weighted by molar-refractivity contribution is 5.79. The lowest BCUT2D eigenvalue weighted by Crippen LogP contribution is -2.39. The van der Waals surface area contributed by atoms with E-state index < -0.39 is 0 Å². The van der Waals surface area contributed by atoms with Crippen LogP contribution in [-0.4, -0.2) is 48.5 Å². The lowest BCUT2D eigenvalue weighted by molar-refractivity contribution is -0.127. The first-order chi connectivity index (χ1) is 13.4. The molecule has 1 heterocycles. The summed E-state index contributed by atoms with van der Waals surface area (Å²) in [6.07, 6.45) is 2.63. The summed E-state index contributed by atoms with van der Waals surface area (Å²) in [5.74, 6) is 1.10. The Labute approximate surface area is 169 Å². The van der Waals surface area contributed by atoms with Gasteiger partial charge < -0.3 is 20.3 Å². The number of nitrogens with one attached hydrogen (secondary N) is 2. The second-order valence-electron chi connectivity index (χ2n) is 8.18. The van der Waals surface area contributed by atoms with E-state index in [9.17, 15) is 4.79 Å². The average molecular weight is 389 g/mol. The van der Waals surface area contributed by atoms with Crippen LogP contribution in [0.4, 0.5) is 0 Å². The number of amides is 1. The zero-order chi connectivity index (χ0) is 20.4. The van der Waals surface area contributed by atoms with E-state index in [1.807, 2.05) is 4.90 Å².